The van der Waals surface area contributed by atoms with Gasteiger partial charge in [-0.1, -0.05) is 38.1 Å². The van der Waals surface area contributed by atoms with Crippen molar-refractivity contribution >= 4 is 11.6 Å². The summed E-state index contributed by atoms with van der Waals surface area (Å²) in [5.41, 5.74) is -0.411. The van der Waals surface area contributed by atoms with E-state index >= 15 is 0 Å². The van der Waals surface area contributed by atoms with E-state index in [9.17, 15) is 14.7 Å². The maximum Gasteiger partial charge on any atom is 0.202 e. The molecule has 0 saturated carbocycles. The molecule has 1 atom stereocenters. The Bertz CT molecular complexity index is 504. The quantitative estimate of drug-likeness (QED) is 0.831. The van der Waals surface area contributed by atoms with Gasteiger partial charge in [0.2, 0.25) is 5.78 Å². The number of fused-ring (bicyclic) bond motifs is 1. The van der Waals surface area contributed by atoms with E-state index in [2.05, 4.69) is 0 Å². The van der Waals surface area contributed by atoms with E-state index in [1.165, 1.54) is 0 Å². The number of Topliss-reactive ketones (excluding diaryl/α,β-unsaturated/α-hetero) is 2. The summed E-state index contributed by atoms with van der Waals surface area (Å²) in [4.78, 5) is 24.8. The van der Waals surface area contributed by atoms with Gasteiger partial charge >= 0.3 is 0 Å². The number of ketones is 2. The summed E-state index contributed by atoms with van der Waals surface area (Å²) in [5.74, 6) is -1.14. The lowest BCUT2D eigenvalue weighted by atomic mass is 9.77. The van der Waals surface area contributed by atoms with Crippen LogP contribution in [0.15, 0.2) is 24.3 Å². The van der Waals surface area contributed by atoms with Gasteiger partial charge in [-0.3, -0.25) is 9.59 Å². The van der Waals surface area contributed by atoms with Gasteiger partial charge in [0.15, 0.2) is 11.4 Å². The maximum atomic E-state index is 12.6. The van der Waals surface area contributed by atoms with Gasteiger partial charge in [-0.15, -0.1) is 0 Å². The van der Waals surface area contributed by atoms with E-state index in [-0.39, 0.29) is 18.1 Å². The SMILES string of the molecule is CC(C)C(=O)C1(O)CCCCc2ccccc2C1=O. The summed E-state index contributed by atoms with van der Waals surface area (Å²) in [6, 6.07) is 7.27. The lowest BCUT2D eigenvalue weighted by molar-refractivity contribution is -0.136. The summed E-state index contributed by atoms with van der Waals surface area (Å²) in [6.45, 7) is 3.44. The maximum absolute atomic E-state index is 12.6. The van der Waals surface area contributed by atoms with Gasteiger partial charge in [0.25, 0.3) is 0 Å². The highest BCUT2D eigenvalue weighted by molar-refractivity contribution is 6.18. The van der Waals surface area contributed by atoms with Crippen LogP contribution in [0.1, 0.15) is 49.0 Å². The van der Waals surface area contributed by atoms with Gasteiger partial charge in [0.1, 0.15) is 0 Å². The van der Waals surface area contributed by atoms with Gasteiger partial charge in [0, 0.05) is 11.5 Å². The molecule has 102 valence electrons. The smallest absolute Gasteiger partial charge is 0.202 e. The van der Waals surface area contributed by atoms with Gasteiger partial charge in [-0.05, 0) is 31.2 Å². The zero-order valence-electron chi connectivity index (χ0n) is 11.5. The minimum absolute atomic E-state index is 0.233. The van der Waals surface area contributed by atoms with Crippen molar-refractivity contribution < 1.29 is 14.7 Å². The summed E-state index contributed by atoms with van der Waals surface area (Å²) >= 11 is 0. The highest BCUT2D eigenvalue weighted by Gasteiger charge is 2.45. The molecule has 0 bridgehead atoms. The van der Waals surface area contributed by atoms with Crippen LogP contribution in [0, 0.1) is 5.92 Å². The second-order valence-electron chi connectivity index (χ2n) is 5.57. The van der Waals surface area contributed by atoms with Crippen LogP contribution < -0.4 is 0 Å². The Labute approximate surface area is 113 Å². The zero-order valence-corrected chi connectivity index (χ0v) is 11.5. The van der Waals surface area contributed by atoms with E-state index in [0.717, 1.165) is 18.4 Å². The third-order valence-corrected chi connectivity index (χ3v) is 3.80. The molecule has 0 heterocycles. The second kappa shape index (κ2) is 5.25. The first kappa shape index (κ1) is 13.9. The Morgan fingerprint density at radius 2 is 1.95 bits per heavy atom. The van der Waals surface area contributed by atoms with Crippen LogP contribution in [0.5, 0.6) is 0 Å². The fourth-order valence-corrected chi connectivity index (χ4v) is 2.71. The van der Waals surface area contributed by atoms with Crippen molar-refractivity contribution in [2.24, 2.45) is 5.92 Å². The van der Waals surface area contributed by atoms with Gasteiger partial charge in [0.05, 0.1) is 0 Å². The predicted molar refractivity (Wildman–Crippen MR) is 73.1 cm³/mol. The van der Waals surface area contributed by atoms with Crippen molar-refractivity contribution in [3.63, 3.8) is 0 Å². The first-order chi connectivity index (χ1) is 8.97. The Morgan fingerprint density at radius 1 is 1.26 bits per heavy atom. The third-order valence-electron chi connectivity index (χ3n) is 3.80. The van der Waals surface area contributed by atoms with Crippen molar-refractivity contribution in [1.29, 1.82) is 0 Å². The Morgan fingerprint density at radius 3 is 2.63 bits per heavy atom. The molecule has 0 radical (unpaired) electrons. The van der Waals surface area contributed by atoms with Crippen LogP contribution in [0.25, 0.3) is 0 Å². The first-order valence-corrected chi connectivity index (χ1v) is 6.86. The van der Waals surface area contributed by atoms with Crippen molar-refractivity contribution in [1.82, 2.24) is 0 Å². The fourth-order valence-electron chi connectivity index (χ4n) is 2.71. The van der Waals surface area contributed by atoms with Gasteiger partial charge in [-0.25, -0.2) is 0 Å². The number of hydrogen-bond donors (Lipinski definition) is 1. The molecule has 1 aromatic rings. The Kier molecular flexibility index (Phi) is 3.85. The largest absolute Gasteiger partial charge is 0.374 e. The van der Waals surface area contributed by atoms with Gasteiger partial charge < -0.3 is 5.11 Å². The molecule has 3 heteroatoms. The summed E-state index contributed by atoms with van der Waals surface area (Å²) < 4.78 is 0. The van der Waals surface area contributed by atoms with Crippen LogP contribution in [-0.2, 0) is 11.2 Å². The highest BCUT2D eigenvalue weighted by Crippen LogP contribution is 2.29. The normalized spacial score (nSPS) is 23.7. The predicted octanol–water partition coefficient (Wildman–Crippen LogP) is 2.55. The van der Waals surface area contributed by atoms with E-state index < -0.39 is 11.4 Å². The minimum Gasteiger partial charge on any atom is -0.374 e. The van der Waals surface area contributed by atoms with E-state index in [0.29, 0.717) is 12.0 Å². The number of carbonyl (C=O) groups is 2. The number of benzene rings is 1. The summed E-state index contributed by atoms with van der Waals surface area (Å²) in [5, 5.41) is 10.6. The van der Waals surface area contributed by atoms with E-state index in [4.69, 9.17) is 0 Å². The number of aryl methyl sites for hydroxylation is 1. The summed E-state index contributed by atoms with van der Waals surface area (Å²) in [6.07, 6.45) is 2.64. The van der Waals surface area contributed by atoms with Crippen LogP contribution in [0.4, 0.5) is 0 Å². The van der Waals surface area contributed by atoms with Crippen LogP contribution >= 0.6 is 0 Å². The molecule has 1 N–H and O–H groups in total. The molecule has 0 spiro atoms. The molecule has 1 aromatic carbocycles. The summed E-state index contributed by atoms with van der Waals surface area (Å²) in [7, 11) is 0. The Balaban J connectivity index is 2.48. The van der Waals surface area contributed by atoms with Gasteiger partial charge in [-0.2, -0.15) is 0 Å². The topological polar surface area (TPSA) is 54.4 Å². The van der Waals surface area contributed by atoms with Crippen molar-refractivity contribution in [3.8, 4) is 0 Å². The zero-order chi connectivity index (χ0) is 14.0. The number of carbonyl (C=O) groups excluding carboxylic acids is 2. The molecule has 1 aliphatic carbocycles. The molecule has 0 fully saturated rings. The monoisotopic (exact) mass is 260 g/mol. The molecule has 0 aromatic heterocycles. The number of aliphatic hydroxyl groups is 1. The molecule has 3 nitrogen and oxygen atoms in total. The molecule has 19 heavy (non-hydrogen) atoms. The molecule has 1 unspecified atom stereocenters. The first-order valence-electron chi connectivity index (χ1n) is 6.86. The number of rotatable bonds is 2. The molecular weight excluding hydrogens is 240 g/mol. The number of hydrogen-bond acceptors (Lipinski definition) is 3. The second-order valence-corrected chi connectivity index (χ2v) is 5.57. The lowest BCUT2D eigenvalue weighted by Gasteiger charge is -2.29. The van der Waals surface area contributed by atoms with Crippen LogP contribution in [0.2, 0.25) is 0 Å². The molecule has 0 amide bonds. The molecule has 0 aliphatic heterocycles. The highest BCUT2D eigenvalue weighted by atomic mass is 16.3. The van der Waals surface area contributed by atoms with Crippen molar-refractivity contribution in [2.45, 2.75) is 45.1 Å². The van der Waals surface area contributed by atoms with Crippen LogP contribution in [0.3, 0.4) is 0 Å². The minimum atomic E-state index is -1.84. The molecule has 1 aliphatic rings. The lowest BCUT2D eigenvalue weighted by Crippen LogP contribution is -2.49. The molecular formula is C16H20O3. The van der Waals surface area contributed by atoms with E-state index in [1.807, 2.05) is 12.1 Å². The van der Waals surface area contributed by atoms with E-state index in [1.54, 1.807) is 26.0 Å². The third kappa shape index (κ3) is 2.47. The van der Waals surface area contributed by atoms with Crippen molar-refractivity contribution in [3.05, 3.63) is 35.4 Å². The van der Waals surface area contributed by atoms with Crippen LogP contribution in [-0.4, -0.2) is 22.3 Å². The molecule has 2 rings (SSSR count). The van der Waals surface area contributed by atoms with Crippen molar-refractivity contribution in [2.75, 3.05) is 0 Å². The fraction of sp³-hybridized carbons (Fsp3) is 0.500. The Hall–Kier alpha value is -1.48. The standard InChI is InChI=1S/C16H20O3/c1-11(2)14(17)16(19)10-6-5-8-12-7-3-4-9-13(12)15(16)18/h3-4,7,9,11,19H,5-6,8,10H2,1-2H3. The average Bonchev–Trinajstić information content (AvgIpc) is 2.40. The average molecular weight is 260 g/mol. The molecule has 0 saturated heterocycles.